The van der Waals surface area contributed by atoms with Crippen LogP contribution in [0.4, 0.5) is 0 Å². The Morgan fingerprint density at radius 3 is 2.50 bits per heavy atom. The van der Waals surface area contributed by atoms with Crippen LogP contribution < -0.4 is 5.32 Å². The lowest BCUT2D eigenvalue weighted by atomic mass is 10.1. The zero-order valence-electron chi connectivity index (χ0n) is 21.1. The van der Waals surface area contributed by atoms with Crippen molar-refractivity contribution in [1.82, 2.24) is 5.32 Å². The zero-order chi connectivity index (χ0) is 25.5. The zero-order valence-corrected chi connectivity index (χ0v) is 24.4. The third-order valence-corrected chi connectivity index (χ3v) is 11.0. The lowest BCUT2D eigenvalue weighted by molar-refractivity contribution is -0.890. The summed E-state index contributed by atoms with van der Waals surface area (Å²) in [6.45, 7) is 4.01. The Morgan fingerprint density at radius 2 is 1.82 bits per heavy atom. The highest BCUT2D eigenvalue weighted by Crippen LogP contribution is 2.39. The molecule has 1 fully saturated rings. The summed E-state index contributed by atoms with van der Waals surface area (Å²) in [4.78, 5) is 24.3. The smallest absolute Gasteiger partial charge is 0.265 e. The van der Waals surface area contributed by atoms with Gasteiger partial charge >= 0.3 is 0 Å². The molecule has 0 radical (unpaired) electrons. The number of unbranched alkanes of at least 4 members (excludes halogenated alkanes) is 1. The lowest BCUT2D eigenvalue weighted by Gasteiger charge is -2.29. The van der Waals surface area contributed by atoms with Crippen molar-refractivity contribution < 1.29 is 27.0 Å². The van der Waals surface area contributed by atoms with Gasteiger partial charge in [-0.3, -0.25) is 14.1 Å². The molecule has 0 aromatic heterocycles. The Kier molecular flexibility index (Phi) is 16.5. The number of amides is 1. The molecule has 11 heteroatoms. The summed E-state index contributed by atoms with van der Waals surface area (Å²) in [6.07, 6.45) is 8.22. The molecule has 1 rings (SSSR count). The van der Waals surface area contributed by atoms with E-state index in [-0.39, 0.29) is 17.6 Å². The summed E-state index contributed by atoms with van der Waals surface area (Å²) in [6, 6.07) is 0. The van der Waals surface area contributed by atoms with Crippen LogP contribution in [0.3, 0.4) is 0 Å². The predicted molar refractivity (Wildman–Crippen MR) is 148 cm³/mol. The van der Waals surface area contributed by atoms with E-state index in [0.29, 0.717) is 42.6 Å². The maximum atomic E-state index is 12.3. The maximum Gasteiger partial charge on any atom is 0.265 e. The van der Waals surface area contributed by atoms with Crippen LogP contribution in [0.25, 0.3) is 0 Å². The molecule has 0 aromatic rings. The Balaban J connectivity index is 1.99. The van der Waals surface area contributed by atoms with E-state index in [0.717, 1.165) is 49.0 Å². The summed E-state index contributed by atoms with van der Waals surface area (Å²) in [7, 11) is 4.12. The van der Waals surface area contributed by atoms with Gasteiger partial charge in [0.05, 0.1) is 32.9 Å². The molecule has 1 saturated heterocycles. The van der Waals surface area contributed by atoms with E-state index in [2.05, 4.69) is 5.32 Å². The molecule has 0 saturated carbocycles. The Labute approximate surface area is 219 Å². The second kappa shape index (κ2) is 17.5. The molecule has 1 heterocycles. The number of hydrogen-bond donors (Lipinski definition) is 2. The van der Waals surface area contributed by atoms with Gasteiger partial charge in [0.25, 0.3) is 10.1 Å². The van der Waals surface area contributed by atoms with Gasteiger partial charge in [-0.25, -0.2) is 0 Å². The van der Waals surface area contributed by atoms with Crippen molar-refractivity contribution in [1.29, 1.82) is 0 Å². The van der Waals surface area contributed by atoms with E-state index in [1.807, 2.05) is 42.6 Å². The monoisotopic (exact) mass is 557 g/mol. The number of ketones is 1. The van der Waals surface area contributed by atoms with Crippen molar-refractivity contribution in [2.75, 3.05) is 56.7 Å². The Hall–Kier alpha value is 0.0600. The van der Waals surface area contributed by atoms with Crippen LogP contribution in [0.2, 0.25) is 0 Å². The standard InChI is InChI=1S/C23H44N2O5S4/c1-20(23(27)24-13-7-14-25(2,3)15-8-18-34(28,29)30)19-31-16-6-10-21(26)9-4-5-11-22-12-17-32-33-22/h20,22H,4-19H2,1-3H3,(H-,24,27,28,29,30)/p+1. The predicted octanol–water partition coefficient (Wildman–Crippen LogP) is 4.28. The van der Waals surface area contributed by atoms with Crippen molar-refractivity contribution in [2.45, 2.75) is 70.0 Å². The first kappa shape index (κ1) is 32.1. The van der Waals surface area contributed by atoms with Gasteiger partial charge in [0, 0.05) is 54.9 Å². The number of nitrogens with one attached hydrogen (secondary N) is 1. The molecule has 200 valence electrons. The van der Waals surface area contributed by atoms with E-state index in [9.17, 15) is 18.0 Å². The highest BCUT2D eigenvalue weighted by atomic mass is 33.1. The quantitative estimate of drug-likeness (QED) is 0.0990. The minimum atomic E-state index is -3.90. The normalized spacial score (nSPS) is 17.6. The van der Waals surface area contributed by atoms with E-state index in [1.165, 1.54) is 18.6 Å². The molecule has 1 amide bonds. The fourth-order valence-corrected chi connectivity index (χ4v) is 8.31. The van der Waals surface area contributed by atoms with Gasteiger partial charge in [-0.2, -0.15) is 20.2 Å². The van der Waals surface area contributed by atoms with Gasteiger partial charge in [-0.05, 0) is 31.4 Å². The maximum absolute atomic E-state index is 12.3. The number of carbonyl (C=O) groups is 2. The van der Waals surface area contributed by atoms with Crippen LogP contribution in [-0.2, 0) is 19.7 Å². The van der Waals surface area contributed by atoms with Crippen LogP contribution >= 0.6 is 33.3 Å². The fourth-order valence-electron chi connectivity index (χ4n) is 3.77. The SMILES string of the molecule is CC(CSCCCC(=O)CCCCC1CCSS1)C(=O)NCCC[N+](C)(C)CCCS(=O)(=O)O. The molecule has 2 atom stereocenters. The molecule has 0 spiro atoms. The largest absolute Gasteiger partial charge is 0.356 e. The molecular weight excluding hydrogens is 513 g/mol. The van der Waals surface area contributed by atoms with Crippen LogP contribution in [0.1, 0.15) is 64.7 Å². The first-order chi connectivity index (χ1) is 16.0. The summed E-state index contributed by atoms with van der Waals surface area (Å²) in [5.74, 6) is 3.09. The van der Waals surface area contributed by atoms with E-state index in [4.69, 9.17) is 4.55 Å². The number of hydrogen-bond acceptors (Lipinski definition) is 7. The summed E-state index contributed by atoms with van der Waals surface area (Å²) in [5.41, 5.74) is 0. The minimum absolute atomic E-state index is 0.0547. The van der Waals surface area contributed by atoms with Gasteiger partial charge in [-0.15, -0.1) is 0 Å². The molecule has 1 aliphatic heterocycles. The molecule has 7 nitrogen and oxygen atoms in total. The number of Topliss-reactive ketones (excluding diaryl/α,β-unsaturated/α-hetero) is 1. The van der Waals surface area contributed by atoms with Crippen molar-refractivity contribution >= 4 is 55.2 Å². The second-order valence-corrected chi connectivity index (χ2v) is 15.4. The van der Waals surface area contributed by atoms with E-state index >= 15 is 0 Å². The minimum Gasteiger partial charge on any atom is -0.356 e. The third-order valence-electron chi connectivity index (χ3n) is 5.92. The lowest BCUT2D eigenvalue weighted by Crippen LogP contribution is -2.43. The third kappa shape index (κ3) is 17.5. The number of quaternary nitrogens is 1. The molecule has 2 unspecified atom stereocenters. The van der Waals surface area contributed by atoms with Crippen molar-refractivity contribution in [3.8, 4) is 0 Å². The average molecular weight is 558 g/mol. The molecule has 34 heavy (non-hydrogen) atoms. The Bertz CT molecular complexity index is 697. The average Bonchev–Trinajstić information content (AvgIpc) is 3.26. The topological polar surface area (TPSA) is 101 Å². The van der Waals surface area contributed by atoms with Crippen molar-refractivity contribution in [2.24, 2.45) is 5.92 Å². The van der Waals surface area contributed by atoms with Crippen LogP contribution in [0.15, 0.2) is 0 Å². The Morgan fingerprint density at radius 1 is 1.12 bits per heavy atom. The fraction of sp³-hybridized carbons (Fsp3) is 0.913. The first-order valence-corrected chi connectivity index (χ1v) is 17.6. The summed E-state index contributed by atoms with van der Waals surface area (Å²) < 4.78 is 31.1. The van der Waals surface area contributed by atoms with Crippen molar-refractivity contribution in [3.05, 3.63) is 0 Å². The summed E-state index contributed by atoms with van der Waals surface area (Å²) in [5, 5.41) is 3.79. The number of rotatable bonds is 20. The molecule has 0 bridgehead atoms. The van der Waals surface area contributed by atoms with Gasteiger partial charge < -0.3 is 9.80 Å². The highest BCUT2D eigenvalue weighted by molar-refractivity contribution is 8.77. The van der Waals surface area contributed by atoms with E-state index in [1.54, 1.807) is 11.8 Å². The highest BCUT2D eigenvalue weighted by Gasteiger charge is 2.18. The second-order valence-electron chi connectivity index (χ2n) is 9.86. The van der Waals surface area contributed by atoms with Gasteiger partial charge in [-0.1, -0.05) is 34.9 Å². The van der Waals surface area contributed by atoms with Crippen LogP contribution in [0.5, 0.6) is 0 Å². The van der Waals surface area contributed by atoms with Gasteiger partial charge in [0.2, 0.25) is 5.91 Å². The number of carbonyl (C=O) groups excluding carboxylic acids is 2. The van der Waals surface area contributed by atoms with E-state index < -0.39 is 10.1 Å². The number of nitrogens with zero attached hydrogens (tertiary/aromatic N) is 1. The molecular formula is C23H45N2O5S4+. The number of thioether (sulfide) groups is 1. The summed E-state index contributed by atoms with van der Waals surface area (Å²) >= 11 is 1.74. The van der Waals surface area contributed by atoms with Gasteiger partial charge in [0.1, 0.15) is 5.78 Å². The molecule has 0 aromatic carbocycles. The molecule has 0 aliphatic carbocycles. The molecule has 1 aliphatic rings. The molecule has 2 N–H and O–H groups in total. The van der Waals surface area contributed by atoms with Crippen molar-refractivity contribution in [3.63, 3.8) is 0 Å². The van der Waals surface area contributed by atoms with Gasteiger partial charge in [0.15, 0.2) is 0 Å². The van der Waals surface area contributed by atoms with Crippen LogP contribution in [-0.4, -0.2) is 91.1 Å². The first-order valence-electron chi connectivity index (χ1n) is 12.4. The van der Waals surface area contributed by atoms with Crippen LogP contribution in [0, 0.1) is 5.92 Å².